The van der Waals surface area contributed by atoms with Crippen LogP contribution in [-0.4, -0.2) is 10.9 Å². The predicted octanol–water partition coefficient (Wildman–Crippen LogP) is 3.49. The van der Waals surface area contributed by atoms with Crippen LogP contribution in [0.25, 0.3) is 0 Å². The number of hydrogen-bond donors (Lipinski definition) is 2. The van der Waals surface area contributed by atoms with Gasteiger partial charge < -0.3 is 11.1 Å². The van der Waals surface area contributed by atoms with Gasteiger partial charge in [-0.3, -0.25) is 4.79 Å². The molecule has 1 heterocycles. The van der Waals surface area contributed by atoms with Crippen molar-refractivity contribution in [3.8, 4) is 0 Å². The molecule has 0 spiro atoms. The molecule has 0 saturated heterocycles. The lowest BCUT2D eigenvalue weighted by Crippen LogP contribution is -2.15. The average molecular weight is 287 g/mol. The zero-order valence-electron chi connectivity index (χ0n) is 12.3. The van der Waals surface area contributed by atoms with E-state index in [1.165, 1.54) is 12.1 Å². The van der Waals surface area contributed by atoms with E-state index in [9.17, 15) is 9.18 Å². The number of halogens is 1. The molecule has 4 nitrogen and oxygen atoms in total. The number of nitrogen functional groups attached to an aromatic ring is 1. The number of hydrogen-bond acceptors (Lipinski definition) is 3. The first-order valence-corrected chi connectivity index (χ1v) is 6.72. The first-order valence-electron chi connectivity index (χ1n) is 6.72. The lowest BCUT2D eigenvalue weighted by Gasteiger charge is -2.10. The van der Waals surface area contributed by atoms with Crippen molar-refractivity contribution >= 4 is 17.4 Å². The van der Waals surface area contributed by atoms with Crippen LogP contribution in [0.2, 0.25) is 0 Å². The molecule has 0 saturated carbocycles. The Hall–Kier alpha value is -2.43. The summed E-state index contributed by atoms with van der Waals surface area (Å²) in [5, 5.41) is 2.56. The van der Waals surface area contributed by atoms with Crippen LogP contribution in [0.4, 0.5) is 15.9 Å². The molecule has 0 radical (unpaired) electrons. The molecule has 110 valence electrons. The highest BCUT2D eigenvalue weighted by Crippen LogP contribution is 2.19. The van der Waals surface area contributed by atoms with Gasteiger partial charge in [-0.15, -0.1) is 0 Å². The third-order valence-electron chi connectivity index (χ3n) is 3.09. The van der Waals surface area contributed by atoms with Crippen molar-refractivity contribution in [2.75, 3.05) is 11.1 Å². The molecule has 2 aromatic rings. The summed E-state index contributed by atoms with van der Waals surface area (Å²) in [7, 11) is 0. The Morgan fingerprint density at radius 2 is 2.00 bits per heavy atom. The number of carbonyl (C=O) groups is 1. The molecule has 0 atom stereocenters. The quantitative estimate of drug-likeness (QED) is 0.908. The number of aromatic nitrogens is 1. The number of pyridine rings is 1. The monoisotopic (exact) mass is 287 g/mol. The van der Waals surface area contributed by atoms with Crippen LogP contribution in [0.3, 0.4) is 0 Å². The Morgan fingerprint density at radius 1 is 1.29 bits per heavy atom. The van der Waals surface area contributed by atoms with Crippen LogP contribution in [0, 0.1) is 12.7 Å². The minimum Gasteiger partial charge on any atom is -0.384 e. The first kappa shape index (κ1) is 15.0. The van der Waals surface area contributed by atoms with Gasteiger partial charge in [-0.05, 0) is 42.7 Å². The lowest BCUT2D eigenvalue weighted by molar-refractivity contribution is 0.102. The van der Waals surface area contributed by atoms with E-state index in [-0.39, 0.29) is 17.4 Å². The molecule has 0 unspecified atom stereocenters. The largest absolute Gasteiger partial charge is 0.384 e. The predicted molar refractivity (Wildman–Crippen MR) is 81.8 cm³/mol. The summed E-state index contributed by atoms with van der Waals surface area (Å²) in [6, 6.07) is 7.71. The molecular weight excluding hydrogens is 269 g/mol. The van der Waals surface area contributed by atoms with Crippen molar-refractivity contribution in [1.29, 1.82) is 0 Å². The van der Waals surface area contributed by atoms with Gasteiger partial charge in [0.1, 0.15) is 11.6 Å². The Kier molecular flexibility index (Phi) is 4.21. The van der Waals surface area contributed by atoms with E-state index in [0.29, 0.717) is 5.56 Å². The van der Waals surface area contributed by atoms with Gasteiger partial charge in [-0.25, -0.2) is 9.37 Å². The van der Waals surface area contributed by atoms with Crippen LogP contribution in [0.1, 0.15) is 41.4 Å². The van der Waals surface area contributed by atoms with Crippen LogP contribution in [-0.2, 0) is 0 Å². The van der Waals surface area contributed by atoms with E-state index in [4.69, 9.17) is 5.73 Å². The number of nitrogens with zero attached hydrogens (tertiary/aromatic N) is 1. The number of rotatable bonds is 3. The van der Waals surface area contributed by atoms with Gasteiger partial charge in [0, 0.05) is 11.3 Å². The molecule has 5 heteroatoms. The number of aryl methyl sites for hydroxylation is 1. The summed E-state index contributed by atoms with van der Waals surface area (Å²) in [6.45, 7) is 5.75. The van der Waals surface area contributed by atoms with Crippen LogP contribution >= 0.6 is 0 Å². The van der Waals surface area contributed by atoms with E-state index in [2.05, 4.69) is 10.3 Å². The minimum absolute atomic E-state index is 0.149. The number of anilines is 2. The van der Waals surface area contributed by atoms with Crippen molar-refractivity contribution in [2.24, 2.45) is 0 Å². The van der Waals surface area contributed by atoms with Crippen molar-refractivity contribution in [2.45, 2.75) is 26.7 Å². The van der Waals surface area contributed by atoms with Gasteiger partial charge in [0.15, 0.2) is 0 Å². The second kappa shape index (κ2) is 5.91. The second-order valence-electron chi connectivity index (χ2n) is 5.30. The van der Waals surface area contributed by atoms with Crippen molar-refractivity contribution in [1.82, 2.24) is 4.98 Å². The molecule has 1 amide bonds. The standard InChI is InChI=1S/C16H18FN3O/c1-9(2)13-7-11(8-15(18)19-13)16(21)20-14-6-10(3)4-5-12(14)17/h4-9H,1-3H3,(H2,18,19)(H,20,21). The van der Waals surface area contributed by atoms with Crippen molar-refractivity contribution in [3.63, 3.8) is 0 Å². The van der Waals surface area contributed by atoms with Crippen LogP contribution < -0.4 is 11.1 Å². The summed E-state index contributed by atoms with van der Waals surface area (Å²) in [5.74, 6) is -0.456. The normalized spacial score (nSPS) is 10.7. The van der Waals surface area contributed by atoms with Gasteiger partial charge in [0.2, 0.25) is 0 Å². The third-order valence-corrected chi connectivity index (χ3v) is 3.09. The van der Waals surface area contributed by atoms with Gasteiger partial charge >= 0.3 is 0 Å². The van der Waals surface area contributed by atoms with Gasteiger partial charge in [-0.1, -0.05) is 19.9 Å². The van der Waals surface area contributed by atoms with Gasteiger partial charge in [-0.2, -0.15) is 0 Å². The number of nitrogens with two attached hydrogens (primary N) is 1. The molecule has 0 aliphatic rings. The molecule has 2 rings (SSSR count). The number of amides is 1. The molecule has 0 aliphatic carbocycles. The van der Waals surface area contributed by atoms with Gasteiger partial charge in [0.25, 0.3) is 5.91 Å². The SMILES string of the molecule is Cc1ccc(F)c(NC(=O)c2cc(N)nc(C(C)C)c2)c1. The highest BCUT2D eigenvalue weighted by molar-refractivity contribution is 6.04. The maximum atomic E-state index is 13.7. The fraction of sp³-hybridized carbons (Fsp3) is 0.250. The van der Waals surface area contributed by atoms with E-state index in [1.807, 2.05) is 20.8 Å². The van der Waals surface area contributed by atoms with E-state index < -0.39 is 11.7 Å². The molecule has 1 aromatic heterocycles. The summed E-state index contributed by atoms with van der Waals surface area (Å²) >= 11 is 0. The van der Waals surface area contributed by atoms with E-state index in [1.54, 1.807) is 18.2 Å². The average Bonchev–Trinajstić information content (AvgIpc) is 2.42. The first-order chi connectivity index (χ1) is 9.86. The number of benzene rings is 1. The maximum absolute atomic E-state index is 13.7. The molecule has 21 heavy (non-hydrogen) atoms. The molecule has 0 fully saturated rings. The second-order valence-corrected chi connectivity index (χ2v) is 5.30. The zero-order chi connectivity index (χ0) is 15.6. The summed E-state index contributed by atoms with van der Waals surface area (Å²) in [6.07, 6.45) is 0. The summed E-state index contributed by atoms with van der Waals surface area (Å²) in [4.78, 5) is 16.4. The maximum Gasteiger partial charge on any atom is 0.255 e. The fourth-order valence-electron chi connectivity index (χ4n) is 1.93. The van der Waals surface area contributed by atoms with E-state index in [0.717, 1.165) is 11.3 Å². The Labute approximate surface area is 123 Å². The molecule has 0 aliphatic heterocycles. The van der Waals surface area contributed by atoms with Crippen LogP contribution in [0.15, 0.2) is 30.3 Å². The fourth-order valence-corrected chi connectivity index (χ4v) is 1.93. The van der Waals surface area contributed by atoms with Crippen LogP contribution in [0.5, 0.6) is 0 Å². The molecular formula is C16H18FN3O. The van der Waals surface area contributed by atoms with E-state index >= 15 is 0 Å². The zero-order valence-corrected chi connectivity index (χ0v) is 12.3. The summed E-state index contributed by atoms with van der Waals surface area (Å²) < 4.78 is 13.7. The van der Waals surface area contributed by atoms with Crippen molar-refractivity contribution < 1.29 is 9.18 Å². The Morgan fingerprint density at radius 3 is 2.67 bits per heavy atom. The molecule has 3 N–H and O–H groups in total. The smallest absolute Gasteiger partial charge is 0.255 e. The highest BCUT2D eigenvalue weighted by Gasteiger charge is 2.13. The lowest BCUT2D eigenvalue weighted by atomic mass is 10.1. The summed E-state index contributed by atoms with van der Waals surface area (Å²) in [5.41, 5.74) is 7.83. The minimum atomic E-state index is -0.472. The number of nitrogens with one attached hydrogen (secondary N) is 1. The Bertz CT molecular complexity index is 683. The van der Waals surface area contributed by atoms with Crippen molar-refractivity contribution in [3.05, 3.63) is 53.0 Å². The topological polar surface area (TPSA) is 68.0 Å². The van der Waals surface area contributed by atoms with Gasteiger partial charge in [0.05, 0.1) is 5.69 Å². The molecule has 0 bridgehead atoms. The molecule has 1 aromatic carbocycles. The number of carbonyl (C=O) groups excluding carboxylic acids is 1. The third kappa shape index (κ3) is 3.56. The Balaban J connectivity index is 2.30. The highest BCUT2D eigenvalue weighted by atomic mass is 19.1.